The van der Waals surface area contributed by atoms with E-state index in [9.17, 15) is 20.8 Å². The standard InChI is InChI=1S/C35H53N5O11P2/c1-24(2)40(25(3)4)52(47-22-15-20-36)49-29-27(19-23-53(43,50-34(5,6)45-10)51-35(7,8)46-11)48-32(30(29)44-9)39-21-18-28(38-33(39)42)37-31(41)26-16-13-12-14-17-26/h12-14,16-19,21,23-25,27,29-30,32H,15,22H2,1-11H3,(H,37,38,41,42)/b23-19+/t27-,29-,30-,32-,52?/m1/s1/i19D,23D. The van der Waals surface area contributed by atoms with Crippen LogP contribution in [-0.4, -0.2) is 90.0 Å². The van der Waals surface area contributed by atoms with E-state index < -0.39 is 75.7 Å². The van der Waals surface area contributed by atoms with E-state index in [-0.39, 0.29) is 30.9 Å². The molecule has 294 valence electrons. The van der Waals surface area contributed by atoms with Crippen molar-refractivity contribution < 1.29 is 49.1 Å². The van der Waals surface area contributed by atoms with Gasteiger partial charge in [0.2, 0.25) is 0 Å². The maximum atomic E-state index is 14.6. The van der Waals surface area contributed by atoms with Crippen LogP contribution in [0.5, 0.6) is 0 Å². The average molecular weight is 784 g/mol. The number of anilines is 1. The topological polar surface area (TPSA) is 182 Å². The molecule has 3 rings (SSSR count). The number of benzene rings is 1. The highest BCUT2D eigenvalue weighted by Crippen LogP contribution is 2.57. The smallest absolute Gasteiger partial charge is 0.358 e. The first kappa shape index (κ1) is 41.3. The van der Waals surface area contributed by atoms with Gasteiger partial charge < -0.3 is 33.3 Å². The lowest BCUT2D eigenvalue weighted by molar-refractivity contribution is -0.171. The Morgan fingerprint density at radius 1 is 1.09 bits per heavy atom. The zero-order chi connectivity index (χ0) is 41.3. The second-order valence-electron chi connectivity index (χ2n) is 13.2. The molecular formula is C35H53N5O11P2. The first-order valence-electron chi connectivity index (χ1n) is 17.9. The van der Waals surface area contributed by atoms with Gasteiger partial charge in [0.25, 0.3) is 14.4 Å². The summed E-state index contributed by atoms with van der Waals surface area (Å²) in [6.07, 6.45) is -3.94. The van der Waals surface area contributed by atoms with Crippen LogP contribution in [0.15, 0.2) is 59.2 Å². The van der Waals surface area contributed by atoms with Gasteiger partial charge in [0.15, 0.2) is 17.8 Å². The van der Waals surface area contributed by atoms with Crippen LogP contribution in [0.1, 0.15) is 81.1 Å². The van der Waals surface area contributed by atoms with Gasteiger partial charge in [0, 0.05) is 51.0 Å². The van der Waals surface area contributed by atoms with Crippen LogP contribution in [0.3, 0.4) is 0 Å². The number of hydrogen-bond donors (Lipinski definition) is 1. The SMILES string of the molecule is [2H]/C(=C(/[2H])P(=O)(OC(C)(C)OC)OC(C)(C)OC)[C@H]1O[C@@H](n2ccc(NC(=O)c3ccccc3)nc2=O)[C@H](OC)[C@@H]1OP(OCCC#N)N(C(C)C)C(C)C. The fraction of sp³-hybridized carbons (Fsp3) is 0.600. The van der Waals surface area contributed by atoms with Crippen LogP contribution in [0.2, 0.25) is 0 Å². The molecule has 16 nitrogen and oxygen atoms in total. The van der Waals surface area contributed by atoms with Crippen LogP contribution in [0.4, 0.5) is 5.82 Å². The van der Waals surface area contributed by atoms with Crippen molar-refractivity contribution in [1.29, 1.82) is 5.26 Å². The Bertz CT molecular complexity index is 1740. The number of methoxy groups -OCH3 is 3. The average Bonchev–Trinajstić information content (AvgIpc) is 3.48. The van der Waals surface area contributed by atoms with Gasteiger partial charge in [-0.2, -0.15) is 10.2 Å². The zero-order valence-corrected chi connectivity index (χ0v) is 33.9. The number of rotatable bonds is 20. The summed E-state index contributed by atoms with van der Waals surface area (Å²) in [7, 11) is -2.80. The summed E-state index contributed by atoms with van der Waals surface area (Å²) >= 11 is 0. The predicted octanol–water partition coefficient (Wildman–Crippen LogP) is 6.57. The van der Waals surface area contributed by atoms with Gasteiger partial charge in [-0.25, -0.2) is 9.46 Å². The number of nitrogens with zero attached hydrogens (tertiary/aromatic N) is 4. The Kier molecular flexibility index (Phi) is 15.3. The van der Waals surface area contributed by atoms with Crippen molar-refractivity contribution >= 4 is 27.8 Å². The molecule has 5 atom stereocenters. The molecular weight excluding hydrogens is 728 g/mol. The Morgan fingerprint density at radius 3 is 2.21 bits per heavy atom. The number of nitriles is 1. The molecule has 53 heavy (non-hydrogen) atoms. The van der Waals surface area contributed by atoms with Gasteiger partial charge in [0.05, 0.1) is 21.8 Å². The normalized spacial score (nSPS) is 21.3. The molecule has 1 aromatic heterocycles. The summed E-state index contributed by atoms with van der Waals surface area (Å²) in [4.78, 5) is 30.4. The van der Waals surface area contributed by atoms with Crippen LogP contribution in [-0.2, 0) is 41.6 Å². The summed E-state index contributed by atoms with van der Waals surface area (Å²) in [5.41, 5.74) is -0.493. The lowest BCUT2D eigenvalue weighted by atomic mass is 10.1. The molecule has 2 aromatic rings. The maximum Gasteiger partial charge on any atom is 0.358 e. The number of amides is 1. The van der Waals surface area contributed by atoms with E-state index in [2.05, 4.69) is 10.3 Å². The van der Waals surface area contributed by atoms with Gasteiger partial charge >= 0.3 is 13.3 Å². The Hall–Kier alpha value is -2.90. The van der Waals surface area contributed by atoms with Crippen molar-refractivity contribution in [2.75, 3.05) is 33.3 Å². The molecule has 0 bridgehead atoms. The lowest BCUT2D eigenvalue weighted by Gasteiger charge is -2.38. The monoisotopic (exact) mass is 783 g/mol. The number of ether oxygens (including phenoxy) is 4. The highest BCUT2D eigenvalue weighted by molar-refractivity contribution is 7.57. The summed E-state index contributed by atoms with van der Waals surface area (Å²) < 4.78 is 83.4. The zero-order valence-electron chi connectivity index (χ0n) is 34.1. The Morgan fingerprint density at radius 2 is 1.70 bits per heavy atom. The fourth-order valence-electron chi connectivity index (χ4n) is 5.06. The molecule has 0 spiro atoms. The van der Waals surface area contributed by atoms with Crippen molar-refractivity contribution in [1.82, 2.24) is 14.2 Å². The van der Waals surface area contributed by atoms with Gasteiger partial charge in [-0.1, -0.05) is 18.2 Å². The van der Waals surface area contributed by atoms with Crippen molar-refractivity contribution in [2.24, 2.45) is 0 Å². The van der Waals surface area contributed by atoms with Gasteiger partial charge in [-0.15, -0.1) is 0 Å². The van der Waals surface area contributed by atoms with Crippen molar-refractivity contribution in [3.63, 3.8) is 0 Å². The molecule has 1 N–H and O–H groups in total. The maximum absolute atomic E-state index is 14.6. The molecule has 18 heteroatoms. The molecule has 1 amide bonds. The Balaban J connectivity index is 2.20. The van der Waals surface area contributed by atoms with E-state index in [1.165, 1.54) is 61.3 Å². The summed E-state index contributed by atoms with van der Waals surface area (Å²) in [5.74, 6) is -4.52. The first-order valence-corrected chi connectivity index (χ1v) is 19.6. The third-order valence-corrected chi connectivity index (χ3v) is 11.6. The molecule has 1 aromatic carbocycles. The summed E-state index contributed by atoms with van der Waals surface area (Å²) in [5, 5.41) is 11.9. The molecule has 1 aliphatic heterocycles. The van der Waals surface area contributed by atoms with Gasteiger partial charge in [0.1, 0.15) is 24.1 Å². The molecule has 2 heterocycles. The third kappa shape index (κ3) is 12.6. The quantitative estimate of drug-likeness (QED) is 0.0864. The minimum Gasteiger partial charge on any atom is -0.374 e. The predicted molar refractivity (Wildman–Crippen MR) is 199 cm³/mol. The highest BCUT2D eigenvalue weighted by atomic mass is 31.2. The number of carbonyl (C=O) groups excluding carboxylic acids is 1. The number of nitrogens with one attached hydrogen (secondary N) is 1. The third-order valence-electron chi connectivity index (χ3n) is 7.72. The number of hydrogen-bond acceptors (Lipinski definition) is 14. The van der Waals surface area contributed by atoms with E-state index in [4.69, 9.17) is 38.4 Å². The molecule has 1 fully saturated rings. The van der Waals surface area contributed by atoms with E-state index in [0.29, 0.717) is 5.56 Å². The van der Waals surface area contributed by atoms with Crippen LogP contribution in [0.25, 0.3) is 0 Å². The van der Waals surface area contributed by atoms with Crippen LogP contribution < -0.4 is 11.0 Å². The molecule has 0 radical (unpaired) electrons. The van der Waals surface area contributed by atoms with Crippen LogP contribution in [0, 0.1) is 11.3 Å². The number of carbonyl (C=O) groups is 1. The van der Waals surface area contributed by atoms with Gasteiger partial charge in [-0.3, -0.25) is 23.0 Å². The van der Waals surface area contributed by atoms with Crippen molar-refractivity contribution in [3.8, 4) is 6.07 Å². The minimum atomic E-state index is -4.76. The van der Waals surface area contributed by atoms with E-state index >= 15 is 0 Å². The molecule has 1 aliphatic rings. The Labute approximate surface area is 316 Å². The van der Waals surface area contributed by atoms with Crippen molar-refractivity contribution in [2.45, 2.75) is 110 Å². The van der Waals surface area contributed by atoms with E-state index in [1.807, 2.05) is 38.4 Å². The summed E-state index contributed by atoms with van der Waals surface area (Å²) in [6, 6.07) is 10.9. The second-order valence-corrected chi connectivity index (χ2v) is 16.2. The van der Waals surface area contributed by atoms with E-state index in [1.54, 1.807) is 30.3 Å². The lowest BCUT2D eigenvalue weighted by Crippen LogP contribution is -2.40. The molecule has 0 saturated carbocycles. The fourth-order valence-corrected chi connectivity index (χ4v) is 8.52. The van der Waals surface area contributed by atoms with E-state index in [0.717, 1.165) is 4.57 Å². The molecule has 1 saturated heterocycles. The van der Waals surface area contributed by atoms with Crippen LogP contribution >= 0.6 is 16.1 Å². The number of aromatic nitrogens is 2. The second kappa shape index (κ2) is 19.6. The highest BCUT2D eigenvalue weighted by Gasteiger charge is 2.49. The minimum absolute atomic E-state index is 0.0132. The summed E-state index contributed by atoms with van der Waals surface area (Å²) in [6.45, 7) is 13.6. The van der Waals surface area contributed by atoms with Crippen molar-refractivity contribution in [3.05, 3.63) is 70.5 Å². The molecule has 0 aliphatic carbocycles. The van der Waals surface area contributed by atoms with Gasteiger partial charge in [-0.05, 0) is 79.6 Å². The molecule has 1 unspecified atom stereocenters. The first-order chi connectivity index (χ1) is 25.7. The largest absolute Gasteiger partial charge is 0.374 e.